The summed E-state index contributed by atoms with van der Waals surface area (Å²) in [4.78, 5) is 17.0. The number of aryl methyl sites for hydroxylation is 1. The Hall–Kier alpha value is -3.72. The van der Waals surface area contributed by atoms with Gasteiger partial charge in [0.1, 0.15) is 11.7 Å². The number of nitrogens with one attached hydrogen (secondary N) is 3. The van der Waals surface area contributed by atoms with Gasteiger partial charge in [-0.3, -0.25) is 9.48 Å². The van der Waals surface area contributed by atoms with Crippen LogP contribution in [0.1, 0.15) is 28.2 Å². The maximum Gasteiger partial charge on any atom is 0.393 e. The van der Waals surface area contributed by atoms with Gasteiger partial charge in [-0.25, -0.2) is 4.39 Å². The summed E-state index contributed by atoms with van der Waals surface area (Å²) in [6.07, 6.45) is -4.81. The minimum Gasteiger partial charge on any atom is -0.479 e. The van der Waals surface area contributed by atoms with Gasteiger partial charge in [-0.2, -0.15) is 18.2 Å². The lowest BCUT2D eigenvalue weighted by Crippen LogP contribution is -2.45. The molecule has 0 saturated carbocycles. The van der Waals surface area contributed by atoms with E-state index in [1.807, 2.05) is 0 Å². The largest absolute Gasteiger partial charge is 0.479 e. The van der Waals surface area contributed by atoms with Crippen molar-refractivity contribution in [2.24, 2.45) is 7.05 Å². The maximum atomic E-state index is 14.4. The average Bonchev–Trinajstić information content (AvgIpc) is 3.60. The van der Waals surface area contributed by atoms with Crippen LogP contribution in [-0.4, -0.2) is 64.4 Å². The van der Waals surface area contributed by atoms with Crippen LogP contribution in [0, 0.1) is 0 Å². The fraction of sp³-hybridized carbons (Fsp3) is 0.417. The molecule has 0 bridgehead atoms. The molecule has 39 heavy (non-hydrogen) atoms. The summed E-state index contributed by atoms with van der Waals surface area (Å²) in [5, 5.41) is 17.1. The number of hydrogen-bond acceptors (Lipinski definition) is 9. The van der Waals surface area contributed by atoms with Crippen molar-refractivity contribution in [3.8, 4) is 16.6 Å². The van der Waals surface area contributed by atoms with E-state index < -0.39 is 30.7 Å². The van der Waals surface area contributed by atoms with Crippen LogP contribution in [0.4, 0.5) is 23.2 Å². The molecule has 1 aliphatic heterocycles. The highest BCUT2D eigenvalue weighted by Gasteiger charge is 2.33. The Bertz CT molecular complexity index is 1480. The van der Waals surface area contributed by atoms with Crippen LogP contribution >= 0.6 is 11.3 Å². The maximum absolute atomic E-state index is 14.4. The van der Waals surface area contributed by atoms with E-state index in [9.17, 15) is 22.4 Å². The van der Waals surface area contributed by atoms with E-state index in [4.69, 9.17) is 9.26 Å². The second kappa shape index (κ2) is 10.8. The highest BCUT2D eigenvalue weighted by atomic mass is 32.1. The molecule has 1 fully saturated rings. The third-order valence-electron chi connectivity index (χ3n) is 6.25. The number of amides is 1. The number of hydrogen-bond donors (Lipinski definition) is 3. The second-order valence-corrected chi connectivity index (χ2v) is 10.1. The van der Waals surface area contributed by atoms with Crippen LogP contribution in [0.25, 0.3) is 20.8 Å². The zero-order valence-electron chi connectivity index (χ0n) is 20.9. The monoisotopic (exact) mass is 567 g/mol. The number of aromatic nitrogens is 4. The van der Waals surface area contributed by atoms with Crippen molar-refractivity contribution in [2.75, 3.05) is 25.5 Å². The molecule has 10 nitrogen and oxygen atoms in total. The number of anilines is 1. The van der Waals surface area contributed by atoms with Gasteiger partial charge in [-0.05, 0) is 30.0 Å². The van der Waals surface area contributed by atoms with Gasteiger partial charge in [0.2, 0.25) is 17.6 Å². The molecule has 4 aromatic rings. The quantitative estimate of drug-likeness (QED) is 0.275. The van der Waals surface area contributed by atoms with Crippen LogP contribution in [0.3, 0.4) is 0 Å². The number of carbonyl (C=O) groups excluding carboxylic acids is 1. The Kier molecular flexibility index (Phi) is 7.44. The third-order valence-corrected chi connectivity index (χ3v) is 7.53. The molecule has 0 spiro atoms. The molecule has 1 saturated heterocycles. The molecule has 15 heteroatoms. The van der Waals surface area contributed by atoms with Crippen molar-refractivity contribution in [1.29, 1.82) is 0 Å². The van der Waals surface area contributed by atoms with E-state index in [1.165, 1.54) is 18.0 Å². The Morgan fingerprint density at radius 1 is 1.36 bits per heavy atom. The van der Waals surface area contributed by atoms with Crippen molar-refractivity contribution < 1.29 is 31.6 Å². The molecule has 4 heterocycles. The minimum absolute atomic E-state index is 0.00439. The van der Waals surface area contributed by atoms with Gasteiger partial charge in [0, 0.05) is 19.8 Å². The molecule has 0 radical (unpaired) electrons. The fourth-order valence-electron chi connectivity index (χ4n) is 4.47. The van der Waals surface area contributed by atoms with Gasteiger partial charge in [-0.1, -0.05) is 17.3 Å². The number of halogens is 4. The predicted molar refractivity (Wildman–Crippen MR) is 136 cm³/mol. The number of fused-ring (bicyclic) bond motifs is 1. The molecular weight excluding hydrogens is 542 g/mol. The Morgan fingerprint density at radius 3 is 2.92 bits per heavy atom. The first-order chi connectivity index (χ1) is 18.6. The van der Waals surface area contributed by atoms with E-state index in [-0.39, 0.29) is 46.7 Å². The van der Waals surface area contributed by atoms with E-state index in [2.05, 4.69) is 31.2 Å². The Balaban J connectivity index is 1.43. The predicted octanol–water partition coefficient (Wildman–Crippen LogP) is 3.84. The zero-order chi connectivity index (χ0) is 27.7. The number of rotatable bonds is 8. The molecule has 208 valence electrons. The molecule has 1 aliphatic rings. The van der Waals surface area contributed by atoms with Gasteiger partial charge >= 0.3 is 6.18 Å². The van der Waals surface area contributed by atoms with E-state index in [0.29, 0.717) is 28.7 Å². The molecule has 5 rings (SSSR count). The summed E-state index contributed by atoms with van der Waals surface area (Å²) in [7, 11) is 3.02. The topological polar surface area (TPSA) is 119 Å². The summed E-state index contributed by atoms with van der Waals surface area (Å²) >= 11 is 1.08. The van der Waals surface area contributed by atoms with Crippen LogP contribution in [0.5, 0.6) is 5.88 Å². The Labute approximate surface area is 223 Å². The normalized spacial score (nSPS) is 17.9. The summed E-state index contributed by atoms with van der Waals surface area (Å²) in [5.41, 5.74) is 0.744. The SMILES string of the molecule is COc1nn(C)cc1C(=O)NCc1nc(-c2sc3c(N[C@@H]4CCNC[C@@H]4F)cccc3c2CC(F)(F)F)no1. The minimum atomic E-state index is -4.49. The molecule has 1 amide bonds. The number of carbonyl (C=O) groups is 1. The number of nitrogens with zero attached hydrogens (tertiary/aromatic N) is 4. The number of ether oxygens (including phenoxy) is 1. The van der Waals surface area contributed by atoms with Gasteiger partial charge in [0.15, 0.2) is 0 Å². The van der Waals surface area contributed by atoms with Crippen LogP contribution in [-0.2, 0) is 20.0 Å². The standard InChI is InChI=1S/C24H25F4N7O3S/c1-35-11-14(23(33-35)37-2)22(36)30-10-18-32-21(34-38-18)20-13(8-24(26,27)28)12-4-3-5-17(19(12)39-20)31-16-6-7-29-9-15(16)25/h3-5,11,15-16,29,31H,6-10H2,1-2H3,(H,30,36)/t15-,16+/m0/s1. The molecule has 0 aliphatic carbocycles. The molecule has 2 atom stereocenters. The van der Waals surface area contributed by atoms with Crippen LogP contribution in [0.15, 0.2) is 28.9 Å². The molecule has 3 aromatic heterocycles. The van der Waals surface area contributed by atoms with Crippen molar-refractivity contribution in [1.82, 2.24) is 30.6 Å². The highest BCUT2D eigenvalue weighted by Crippen LogP contribution is 2.43. The van der Waals surface area contributed by atoms with Crippen molar-refractivity contribution in [3.63, 3.8) is 0 Å². The van der Waals surface area contributed by atoms with E-state index in [1.54, 1.807) is 25.2 Å². The number of thiophene rings is 1. The molecule has 3 N–H and O–H groups in total. The van der Waals surface area contributed by atoms with Crippen LogP contribution < -0.4 is 20.7 Å². The lowest BCUT2D eigenvalue weighted by molar-refractivity contribution is -0.126. The highest BCUT2D eigenvalue weighted by molar-refractivity contribution is 7.23. The number of benzene rings is 1. The first-order valence-corrected chi connectivity index (χ1v) is 12.9. The first-order valence-electron chi connectivity index (χ1n) is 12.0. The summed E-state index contributed by atoms with van der Waals surface area (Å²) < 4.78 is 67.6. The summed E-state index contributed by atoms with van der Waals surface area (Å²) in [6, 6.07) is 4.49. The lowest BCUT2D eigenvalue weighted by Gasteiger charge is -2.28. The van der Waals surface area contributed by atoms with Gasteiger partial charge in [0.25, 0.3) is 5.91 Å². The molecular formula is C24H25F4N7O3S. The van der Waals surface area contributed by atoms with Gasteiger partial charge in [0.05, 0.1) is 41.4 Å². The smallest absolute Gasteiger partial charge is 0.393 e. The Morgan fingerprint density at radius 2 is 2.18 bits per heavy atom. The summed E-state index contributed by atoms with van der Waals surface area (Å²) in [5.74, 6) is -0.393. The van der Waals surface area contributed by atoms with Gasteiger partial charge < -0.3 is 25.2 Å². The van der Waals surface area contributed by atoms with Crippen molar-refractivity contribution in [3.05, 3.63) is 41.4 Å². The number of piperidine rings is 1. The average molecular weight is 568 g/mol. The van der Waals surface area contributed by atoms with Crippen molar-refractivity contribution >= 4 is 33.0 Å². The van der Waals surface area contributed by atoms with Crippen LogP contribution in [0.2, 0.25) is 0 Å². The van der Waals surface area contributed by atoms with Crippen molar-refractivity contribution in [2.45, 2.75) is 37.8 Å². The number of methoxy groups -OCH3 is 1. The lowest BCUT2D eigenvalue weighted by atomic mass is 10.0. The fourth-order valence-corrected chi connectivity index (χ4v) is 5.69. The first kappa shape index (κ1) is 26.9. The summed E-state index contributed by atoms with van der Waals surface area (Å²) in [6.45, 7) is 0.682. The van der Waals surface area contributed by atoms with E-state index in [0.717, 1.165) is 11.3 Å². The number of alkyl halides is 4. The second-order valence-electron chi connectivity index (χ2n) is 9.06. The van der Waals surface area contributed by atoms with E-state index >= 15 is 0 Å². The molecule has 0 unspecified atom stereocenters. The zero-order valence-corrected chi connectivity index (χ0v) is 21.7. The van der Waals surface area contributed by atoms with Gasteiger partial charge in [-0.15, -0.1) is 16.4 Å². The molecule has 1 aromatic carbocycles. The third kappa shape index (κ3) is 5.83.